The molecule has 0 fully saturated rings. The molecule has 0 bridgehead atoms. The summed E-state index contributed by atoms with van der Waals surface area (Å²) >= 11 is 0. The number of Topliss-reactive ketones (excluding diaryl/α,β-unsaturated/α-hetero) is 1. The molecule has 3 rings (SSSR count). The van der Waals surface area contributed by atoms with Crippen molar-refractivity contribution in [3.63, 3.8) is 0 Å². The lowest BCUT2D eigenvalue weighted by Gasteiger charge is -2.04. The van der Waals surface area contributed by atoms with Crippen molar-refractivity contribution in [2.75, 3.05) is 6.61 Å². The highest BCUT2D eigenvalue weighted by atomic mass is 16.5. The summed E-state index contributed by atoms with van der Waals surface area (Å²) in [5.41, 5.74) is -0.736. The molecule has 122 valence electrons. The van der Waals surface area contributed by atoms with Gasteiger partial charge in [-0.25, -0.2) is 4.79 Å². The lowest BCUT2D eigenvalue weighted by molar-refractivity contribution is -0.143. The average Bonchev–Trinajstić information content (AvgIpc) is 2.99. The molecule has 0 spiro atoms. The summed E-state index contributed by atoms with van der Waals surface area (Å²) in [7, 11) is 0. The summed E-state index contributed by atoms with van der Waals surface area (Å²) in [5, 5.41) is 0.770. The van der Waals surface area contributed by atoms with Crippen molar-refractivity contribution in [3.8, 4) is 0 Å². The zero-order valence-electron chi connectivity index (χ0n) is 12.4. The SMILES string of the molecule is O=C(Cn1ccc(=O)[nH]c1=O)OCC(=O)c1cc2ccccc2o1. The number of nitrogens with zero attached hydrogens (tertiary/aromatic N) is 1. The van der Waals surface area contributed by atoms with E-state index < -0.39 is 36.2 Å². The molecular formula is C16H12N2O6. The van der Waals surface area contributed by atoms with Gasteiger partial charge in [0, 0.05) is 17.6 Å². The van der Waals surface area contributed by atoms with Crippen LogP contribution in [-0.2, 0) is 16.1 Å². The number of H-pyrrole nitrogens is 1. The van der Waals surface area contributed by atoms with E-state index in [0.717, 1.165) is 16.0 Å². The molecule has 3 aromatic rings. The van der Waals surface area contributed by atoms with E-state index in [9.17, 15) is 19.2 Å². The molecule has 2 aromatic heterocycles. The summed E-state index contributed by atoms with van der Waals surface area (Å²) in [6, 6.07) is 9.78. The maximum absolute atomic E-state index is 12.0. The van der Waals surface area contributed by atoms with Crippen LogP contribution in [0.4, 0.5) is 0 Å². The molecule has 1 N–H and O–H groups in total. The predicted octanol–water partition coefficient (Wildman–Crippen LogP) is 0.709. The molecular weight excluding hydrogens is 316 g/mol. The van der Waals surface area contributed by atoms with Crippen molar-refractivity contribution < 1.29 is 18.7 Å². The molecule has 24 heavy (non-hydrogen) atoms. The molecule has 0 saturated carbocycles. The van der Waals surface area contributed by atoms with Crippen LogP contribution in [0.3, 0.4) is 0 Å². The number of furan rings is 1. The number of carbonyl (C=O) groups excluding carboxylic acids is 2. The topological polar surface area (TPSA) is 111 Å². The van der Waals surface area contributed by atoms with Crippen LogP contribution in [0, 0.1) is 0 Å². The lowest BCUT2D eigenvalue weighted by Crippen LogP contribution is -2.31. The summed E-state index contributed by atoms with van der Waals surface area (Å²) in [6.45, 7) is -0.917. The molecule has 8 heteroatoms. The number of hydrogen-bond acceptors (Lipinski definition) is 6. The molecule has 8 nitrogen and oxygen atoms in total. The van der Waals surface area contributed by atoms with Crippen molar-refractivity contribution in [1.82, 2.24) is 9.55 Å². The van der Waals surface area contributed by atoms with Crippen LogP contribution in [0.2, 0.25) is 0 Å². The number of aromatic amines is 1. The van der Waals surface area contributed by atoms with Gasteiger partial charge in [-0.3, -0.25) is 23.9 Å². The minimum absolute atomic E-state index is 0.0882. The Bertz CT molecular complexity index is 993. The minimum Gasteiger partial charge on any atom is -0.456 e. The van der Waals surface area contributed by atoms with E-state index in [-0.39, 0.29) is 5.76 Å². The van der Waals surface area contributed by atoms with Crippen LogP contribution < -0.4 is 11.2 Å². The predicted molar refractivity (Wildman–Crippen MR) is 82.8 cm³/mol. The van der Waals surface area contributed by atoms with Gasteiger partial charge in [0.2, 0.25) is 5.78 Å². The zero-order valence-corrected chi connectivity index (χ0v) is 12.4. The average molecular weight is 328 g/mol. The van der Waals surface area contributed by atoms with Crippen LogP contribution >= 0.6 is 0 Å². The fourth-order valence-electron chi connectivity index (χ4n) is 2.09. The smallest absolute Gasteiger partial charge is 0.328 e. The lowest BCUT2D eigenvalue weighted by atomic mass is 10.2. The molecule has 1 aromatic carbocycles. The zero-order chi connectivity index (χ0) is 17.1. The van der Waals surface area contributed by atoms with E-state index in [2.05, 4.69) is 0 Å². The van der Waals surface area contributed by atoms with Crippen molar-refractivity contribution in [2.24, 2.45) is 0 Å². The fraction of sp³-hybridized carbons (Fsp3) is 0.125. The first-order valence-corrected chi connectivity index (χ1v) is 7.00. The van der Waals surface area contributed by atoms with Crippen LogP contribution in [0.25, 0.3) is 11.0 Å². The van der Waals surface area contributed by atoms with E-state index in [1.54, 1.807) is 24.3 Å². The van der Waals surface area contributed by atoms with Gasteiger partial charge >= 0.3 is 11.7 Å². The summed E-state index contributed by atoms with van der Waals surface area (Å²) in [5.74, 6) is -1.19. The normalized spacial score (nSPS) is 10.7. The third-order valence-corrected chi connectivity index (χ3v) is 3.26. The summed E-state index contributed by atoms with van der Waals surface area (Å²) in [4.78, 5) is 48.1. The molecule has 0 aliphatic carbocycles. The van der Waals surface area contributed by atoms with E-state index in [1.165, 1.54) is 6.20 Å². The van der Waals surface area contributed by atoms with Gasteiger partial charge in [-0.1, -0.05) is 18.2 Å². The van der Waals surface area contributed by atoms with Gasteiger partial charge in [0.15, 0.2) is 12.4 Å². The van der Waals surface area contributed by atoms with E-state index in [1.807, 2.05) is 11.1 Å². The Labute approximate surface area is 134 Å². The molecule has 0 aliphatic heterocycles. The van der Waals surface area contributed by atoms with Crippen LogP contribution in [0.15, 0.2) is 56.6 Å². The van der Waals surface area contributed by atoms with Gasteiger partial charge in [0.1, 0.15) is 12.1 Å². The molecule has 0 amide bonds. The Morgan fingerprint density at radius 2 is 1.96 bits per heavy atom. The number of para-hydroxylation sites is 1. The molecule has 0 atom stereocenters. The number of carbonyl (C=O) groups is 2. The molecule has 0 radical (unpaired) electrons. The molecule has 0 aliphatic rings. The van der Waals surface area contributed by atoms with Gasteiger partial charge in [-0.2, -0.15) is 0 Å². The molecule has 2 heterocycles. The molecule has 0 unspecified atom stereocenters. The van der Waals surface area contributed by atoms with E-state index in [4.69, 9.17) is 9.15 Å². The fourth-order valence-corrected chi connectivity index (χ4v) is 2.09. The second-order valence-electron chi connectivity index (χ2n) is 4.97. The first-order valence-electron chi connectivity index (χ1n) is 7.00. The van der Waals surface area contributed by atoms with Gasteiger partial charge in [-0.05, 0) is 12.1 Å². The Kier molecular flexibility index (Phi) is 4.11. The number of rotatable bonds is 5. The largest absolute Gasteiger partial charge is 0.456 e. The Balaban J connectivity index is 1.62. The first kappa shape index (κ1) is 15.5. The highest BCUT2D eigenvalue weighted by molar-refractivity contribution is 5.99. The van der Waals surface area contributed by atoms with Crippen LogP contribution in [0.1, 0.15) is 10.6 Å². The summed E-state index contributed by atoms with van der Waals surface area (Å²) in [6.07, 6.45) is 1.17. The first-order chi connectivity index (χ1) is 11.5. The van der Waals surface area contributed by atoms with Crippen molar-refractivity contribution >= 4 is 22.7 Å². The van der Waals surface area contributed by atoms with Gasteiger partial charge < -0.3 is 9.15 Å². The third kappa shape index (κ3) is 3.32. The highest BCUT2D eigenvalue weighted by Gasteiger charge is 2.15. The maximum Gasteiger partial charge on any atom is 0.328 e. The van der Waals surface area contributed by atoms with Gasteiger partial charge in [0.25, 0.3) is 5.56 Å². The van der Waals surface area contributed by atoms with E-state index in [0.29, 0.717) is 5.58 Å². The van der Waals surface area contributed by atoms with Crippen LogP contribution in [0.5, 0.6) is 0 Å². The highest BCUT2D eigenvalue weighted by Crippen LogP contribution is 2.19. The minimum atomic E-state index is -0.784. The third-order valence-electron chi connectivity index (χ3n) is 3.26. The standard InChI is InChI=1S/C16H12N2O6/c19-11(13-7-10-3-1-2-4-12(10)24-13)9-23-15(21)8-18-6-5-14(20)17-16(18)22/h1-7H,8-9H2,(H,17,20,22). The van der Waals surface area contributed by atoms with Crippen LogP contribution in [-0.4, -0.2) is 27.9 Å². The Morgan fingerprint density at radius 3 is 2.71 bits per heavy atom. The number of hydrogen-bond donors (Lipinski definition) is 1. The van der Waals surface area contributed by atoms with E-state index >= 15 is 0 Å². The number of nitrogens with one attached hydrogen (secondary N) is 1. The second kappa shape index (κ2) is 6.37. The van der Waals surface area contributed by atoms with Crippen molar-refractivity contribution in [1.29, 1.82) is 0 Å². The number of benzene rings is 1. The number of ether oxygens (including phenoxy) is 1. The monoisotopic (exact) mass is 328 g/mol. The van der Waals surface area contributed by atoms with Gasteiger partial charge in [-0.15, -0.1) is 0 Å². The van der Waals surface area contributed by atoms with Crippen molar-refractivity contribution in [2.45, 2.75) is 6.54 Å². The second-order valence-corrected chi connectivity index (χ2v) is 4.97. The molecule has 0 saturated heterocycles. The Hall–Kier alpha value is -3.42. The Morgan fingerprint density at radius 1 is 1.17 bits per heavy atom. The number of fused-ring (bicyclic) bond motifs is 1. The number of ketones is 1. The summed E-state index contributed by atoms with van der Waals surface area (Å²) < 4.78 is 11.2. The van der Waals surface area contributed by atoms with Gasteiger partial charge in [0.05, 0.1) is 0 Å². The maximum atomic E-state index is 12.0. The number of aromatic nitrogens is 2. The number of esters is 1. The van der Waals surface area contributed by atoms with Crippen molar-refractivity contribution in [3.05, 3.63) is 69.2 Å². The quantitative estimate of drug-likeness (QED) is 0.545.